The van der Waals surface area contributed by atoms with Crippen LogP contribution in [0.3, 0.4) is 0 Å². The molecule has 1 aromatic carbocycles. The number of hydrogen-bond donors (Lipinski definition) is 1. The van der Waals surface area contributed by atoms with E-state index >= 15 is 0 Å². The Morgan fingerprint density at radius 2 is 2.11 bits per heavy atom. The highest BCUT2D eigenvalue weighted by molar-refractivity contribution is 7.86. The molecule has 0 fully saturated rings. The zero-order chi connectivity index (χ0) is 14.2. The molecule has 19 heavy (non-hydrogen) atoms. The summed E-state index contributed by atoms with van der Waals surface area (Å²) in [5.74, 6) is -0.532. The van der Waals surface area contributed by atoms with E-state index in [4.69, 9.17) is 5.73 Å². The van der Waals surface area contributed by atoms with Crippen molar-refractivity contribution in [1.82, 2.24) is 0 Å². The summed E-state index contributed by atoms with van der Waals surface area (Å²) in [6.07, 6.45) is 1.78. The first-order valence-electron chi connectivity index (χ1n) is 6.10. The Hall–Kier alpha value is -1.68. The van der Waals surface area contributed by atoms with E-state index in [1.807, 2.05) is 31.2 Å². The molecule has 100 valence electrons. The first kappa shape index (κ1) is 13.7. The maximum Gasteiger partial charge on any atom is 0.232 e. The highest BCUT2D eigenvalue weighted by Gasteiger charge is 2.35. The van der Waals surface area contributed by atoms with Gasteiger partial charge in [0.05, 0.1) is 5.25 Å². The van der Waals surface area contributed by atoms with Crippen LogP contribution in [0.5, 0.6) is 0 Å². The Labute approximate surface area is 115 Å². The van der Waals surface area contributed by atoms with Crippen molar-refractivity contribution in [2.45, 2.75) is 24.3 Å². The van der Waals surface area contributed by atoms with Crippen LogP contribution in [0, 0.1) is 0 Å². The van der Waals surface area contributed by atoms with Crippen molar-refractivity contribution in [3.63, 3.8) is 0 Å². The Bertz CT molecular complexity index is 604. The van der Waals surface area contributed by atoms with Crippen LogP contribution >= 0.6 is 0 Å². The van der Waals surface area contributed by atoms with E-state index in [-0.39, 0.29) is 5.25 Å². The van der Waals surface area contributed by atoms with Crippen LogP contribution in [0.4, 0.5) is 0 Å². The van der Waals surface area contributed by atoms with Gasteiger partial charge in [-0.15, -0.1) is 0 Å². The van der Waals surface area contributed by atoms with Crippen LogP contribution in [0.25, 0.3) is 5.57 Å². The van der Waals surface area contributed by atoms with E-state index in [2.05, 4.69) is 6.58 Å². The Kier molecular flexibility index (Phi) is 3.71. The molecule has 3 atom stereocenters. The van der Waals surface area contributed by atoms with Gasteiger partial charge in [-0.1, -0.05) is 36.9 Å². The average Bonchev–Trinajstić information content (AvgIpc) is 2.68. The van der Waals surface area contributed by atoms with Crippen molar-refractivity contribution in [3.8, 4) is 0 Å². The Morgan fingerprint density at radius 1 is 1.47 bits per heavy atom. The zero-order valence-electron chi connectivity index (χ0n) is 11.1. The molecule has 0 saturated carbocycles. The average molecular weight is 275 g/mol. The van der Waals surface area contributed by atoms with Crippen LogP contribution in [-0.4, -0.2) is 15.4 Å². The molecular formula is C15H17NO2S. The first-order chi connectivity index (χ1) is 8.99. The quantitative estimate of drug-likeness (QED) is 0.916. The topological polar surface area (TPSA) is 60.2 Å². The summed E-state index contributed by atoms with van der Waals surface area (Å²) < 4.78 is 12.6. The number of primary amides is 1. The van der Waals surface area contributed by atoms with Crippen LogP contribution in [0.2, 0.25) is 0 Å². The molecule has 3 unspecified atom stereocenters. The van der Waals surface area contributed by atoms with Crippen molar-refractivity contribution in [1.29, 1.82) is 0 Å². The van der Waals surface area contributed by atoms with E-state index in [9.17, 15) is 9.00 Å². The molecule has 0 saturated heterocycles. The van der Waals surface area contributed by atoms with Gasteiger partial charge in [0, 0.05) is 10.8 Å². The van der Waals surface area contributed by atoms with Gasteiger partial charge < -0.3 is 5.73 Å². The van der Waals surface area contributed by atoms with Gasteiger partial charge >= 0.3 is 0 Å². The van der Waals surface area contributed by atoms with Crippen molar-refractivity contribution in [3.05, 3.63) is 53.6 Å². The minimum Gasteiger partial charge on any atom is -0.369 e. The van der Waals surface area contributed by atoms with Gasteiger partial charge in [0.1, 0.15) is 5.25 Å². The maximum absolute atomic E-state index is 12.6. The molecule has 0 heterocycles. The molecule has 2 rings (SSSR count). The minimum absolute atomic E-state index is 0.272. The lowest BCUT2D eigenvalue weighted by Crippen LogP contribution is -2.32. The van der Waals surface area contributed by atoms with Gasteiger partial charge in [0.15, 0.2) is 0 Å². The normalized spacial score (nSPS) is 20.8. The van der Waals surface area contributed by atoms with Gasteiger partial charge in [0.2, 0.25) is 5.91 Å². The largest absolute Gasteiger partial charge is 0.369 e. The third-order valence-electron chi connectivity index (χ3n) is 3.54. The van der Waals surface area contributed by atoms with Gasteiger partial charge in [-0.25, -0.2) is 0 Å². The van der Waals surface area contributed by atoms with Crippen molar-refractivity contribution in [2.24, 2.45) is 5.73 Å². The van der Waals surface area contributed by atoms with Crippen LogP contribution in [0.15, 0.2) is 42.5 Å². The van der Waals surface area contributed by atoms with E-state index in [1.165, 1.54) is 0 Å². The maximum atomic E-state index is 12.6. The molecular weight excluding hydrogens is 258 g/mol. The molecule has 1 aliphatic rings. The predicted molar refractivity (Wildman–Crippen MR) is 78.8 cm³/mol. The van der Waals surface area contributed by atoms with Gasteiger partial charge in [0.25, 0.3) is 0 Å². The number of nitrogens with two attached hydrogens (primary N) is 1. The molecule has 1 aromatic rings. The fraction of sp³-hybridized carbons (Fsp3) is 0.267. The number of amides is 1. The standard InChI is InChI=1S/C15H17NO2S/c1-4-11-9(2)14(19(18)10(3)15(16)17)13-8-6-5-7-12(11)13/h4-8,10,14H,1H2,2-3H3,(H2,16,17). The number of fused-ring (bicyclic) bond motifs is 1. The summed E-state index contributed by atoms with van der Waals surface area (Å²) in [7, 11) is -1.36. The first-order valence-corrected chi connectivity index (χ1v) is 7.37. The molecule has 0 spiro atoms. The summed E-state index contributed by atoms with van der Waals surface area (Å²) in [6, 6.07) is 7.79. The summed E-state index contributed by atoms with van der Waals surface area (Å²) >= 11 is 0. The summed E-state index contributed by atoms with van der Waals surface area (Å²) in [5.41, 5.74) is 9.30. The van der Waals surface area contributed by atoms with E-state index in [0.717, 1.165) is 22.3 Å². The summed E-state index contributed by atoms with van der Waals surface area (Å²) in [6.45, 7) is 7.37. The van der Waals surface area contributed by atoms with Gasteiger partial charge in [-0.3, -0.25) is 9.00 Å². The van der Waals surface area contributed by atoms with Gasteiger partial charge in [-0.2, -0.15) is 0 Å². The van der Waals surface area contributed by atoms with Crippen LogP contribution in [0.1, 0.15) is 30.2 Å². The number of rotatable bonds is 4. The number of hydrogen-bond acceptors (Lipinski definition) is 2. The lowest BCUT2D eigenvalue weighted by atomic mass is 10.1. The molecule has 2 N–H and O–H groups in total. The summed E-state index contributed by atoms with van der Waals surface area (Å²) in [4.78, 5) is 11.3. The molecule has 0 radical (unpaired) electrons. The zero-order valence-corrected chi connectivity index (χ0v) is 11.9. The highest BCUT2D eigenvalue weighted by atomic mass is 32.2. The molecule has 0 aromatic heterocycles. The minimum atomic E-state index is -1.36. The third kappa shape index (κ3) is 2.16. The predicted octanol–water partition coefficient (Wildman–Crippen LogP) is 2.32. The highest BCUT2D eigenvalue weighted by Crippen LogP contribution is 2.44. The van der Waals surface area contributed by atoms with Crippen molar-refractivity contribution in [2.75, 3.05) is 0 Å². The van der Waals surface area contributed by atoms with E-state index in [0.29, 0.717) is 0 Å². The van der Waals surface area contributed by atoms with E-state index in [1.54, 1.807) is 13.0 Å². The second-order valence-corrected chi connectivity index (χ2v) is 6.48. The monoisotopic (exact) mass is 275 g/mol. The van der Waals surface area contributed by atoms with Gasteiger partial charge in [-0.05, 0) is 36.1 Å². The lowest BCUT2D eigenvalue weighted by molar-refractivity contribution is -0.117. The Balaban J connectivity index is 2.53. The van der Waals surface area contributed by atoms with Crippen LogP contribution in [-0.2, 0) is 15.6 Å². The molecule has 0 bridgehead atoms. The number of allylic oxidation sites excluding steroid dienone is 2. The number of carbonyl (C=O) groups is 1. The van der Waals surface area contributed by atoms with Crippen LogP contribution < -0.4 is 5.73 Å². The third-order valence-corrected chi connectivity index (χ3v) is 5.54. The molecule has 1 aliphatic carbocycles. The van der Waals surface area contributed by atoms with Crippen molar-refractivity contribution >= 4 is 22.3 Å². The summed E-state index contributed by atoms with van der Waals surface area (Å²) in [5, 5.41) is -0.941. The number of carbonyl (C=O) groups excluding carboxylic acids is 1. The van der Waals surface area contributed by atoms with E-state index < -0.39 is 22.0 Å². The second kappa shape index (κ2) is 5.13. The SMILES string of the molecule is C=CC1=C(C)C(S(=O)C(C)C(N)=O)c2ccccc21. The molecule has 3 nitrogen and oxygen atoms in total. The molecule has 0 aliphatic heterocycles. The lowest BCUT2D eigenvalue weighted by Gasteiger charge is -2.17. The fourth-order valence-electron chi connectivity index (χ4n) is 2.45. The fourth-order valence-corrected chi connectivity index (χ4v) is 4.02. The Morgan fingerprint density at radius 3 is 2.68 bits per heavy atom. The smallest absolute Gasteiger partial charge is 0.232 e. The second-order valence-electron chi connectivity index (χ2n) is 4.64. The molecule has 4 heteroatoms. The molecule has 1 amide bonds. The number of benzene rings is 1. The van der Waals surface area contributed by atoms with Crippen molar-refractivity contribution < 1.29 is 9.00 Å².